The number of hydrogen-bond acceptors (Lipinski definition) is 0. The molecule has 3 rings (SSSR count). The van der Waals surface area contributed by atoms with Crippen LogP contribution in [0.25, 0.3) is 14.5 Å². The van der Waals surface area contributed by atoms with E-state index in [1.54, 1.807) is 0 Å². The van der Waals surface area contributed by atoms with Gasteiger partial charge in [0, 0.05) is 0 Å². The van der Waals surface area contributed by atoms with E-state index in [2.05, 4.69) is 64.4 Å². The van der Waals surface area contributed by atoms with Gasteiger partial charge in [-0.2, -0.15) is 0 Å². The fourth-order valence-corrected chi connectivity index (χ4v) is 4.52. The number of hydrogen-bond donors (Lipinski definition) is 0. The maximum atomic E-state index is 9.75. The quantitative estimate of drug-likeness (QED) is 0.426. The summed E-state index contributed by atoms with van der Waals surface area (Å²) in [6.45, 7) is 2.13. The summed E-state index contributed by atoms with van der Waals surface area (Å²) < 4.78 is 43.0. The van der Waals surface area contributed by atoms with Crippen molar-refractivity contribution in [2.24, 2.45) is 0 Å². The molecule has 0 bridgehead atoms. The SMILES string of the molecule is Cc1ccc(-[n+]2cc3ccccc3[te]2)cc1.F[B-](F)(F)F. The molecule has 0 unspecified atom stereocenters. The molecule has 0 atom stereocenters. The molecular weight excluding hydrogens is 397 g/mol. The molecule has 0 aliphatic heterocycles. The van der Waals surface area contributed by atoms with E-state index in [4.69, 9.17) is 0 Å². The van der Waals surface area contributed by atoms with E-state index in [9.17, 15) is 17.3 Å². The predicted octanol–water partition coefficient (Wildman–Crippen LogP) is 3.78. The van der Waals surface area contributed by atoms with Gasteiger partial charge < -0.3 is 17.3 Å². The van der Waals surface area contributed by atoms with Crippen LogP contribution in [0.2, 0.25) is 0 Å². The van der Waals surface area contributed by atoms with Gasteiger partial charge in [0.25, 0.3) is 0 Å². The van der Waals surface area contributed by atoms with Crippen LogP contribution in [0.1, 0.15) is 5.56 Å². The molecule has 0 aliphatic rings. The summed E-state index contributed by atoms with van der Waals surface area (Å²) in [6.07, 6.45) is 2.28. The van der Waals surface area contributed by atoms with Crippen LogP contribution >= 0.6 is 0 Å². The van der Waals surface area contributed by atoms with E-state index < -0.39 is 7.25 Å². The van der Waals surface area contributed by atoms with Crippen molar-refractivity contribution in [3.05, 3.63) is 60.3 Å². The Kier molecular flexibility index (Phi) is 5.07. The largest absolute Gasteiger partial charge is 0.673 e. The molecule has 1 nitrogen and oxygen atoms in total. The molecule has 0 radical (unpaired) electrons. The first-order valence-corrected chi connectivity index (χ1v) is 8.39. The number of aryl methyl sites for hydroxylation is 1. The maximum Gasteiger partial charge on any atom is 0.673 e. The molecule has 1 aromatic heterocycles. The third-order valence-corrected chi connectivity index (χ3v) is 5.75. The van der Waals surface area contributed by atoms with E-state index in [1.807, 2.05) is 0 Å². The Hall–Kier alpha value is -1.32. The zero-order valence-corrected chi connectivity index (χ0v) is 13.5. The molecule has 3 aromatic rings. The van der Waals surface area contributed by atoms with Crippen LogP contribution in [0.4, 0.5) is 17.3 Å². The normalized spacial score (nSPS) is 11.1. The van der Waals surface area contributed by atoms with Crippen LogP contribution in [0.5, 0.6) is 0 Å². The molecule has 1 heterocycles. The zero-order chi connectivity index (χ0) is 15.5. The summed E-state index contributed by atoms with van der Waals surface area (Å²) in [6, 6.07) is 17.5. The smallest absolute Gasteiger partial charge is 0.418 e. The topological polar surface area (TPSA) is 3.88 Å². The summed E-state index contributed by atoms with van der Waals surface area (Å²) in [4.78, 5) is 0. The molecule has 0 aliphatic carbocycles. The van der Waals surface area contributed by atoms with Crippen LogP contribution in [0, 0.1) is 6.92 Å². The first kappa shape index (κ1) is 16.1. The van der Waals surface area contributed by atoms with Crippen molar-refractivity contribution in [3.8, 4) is 5.69 Å². The Morgan fingerprint density at radius 1 is 0.905 bits per heavy atom. The summed E-state index contributed by atoms with van der Waals surface area (Å²) >= 11 is -0.243. The number of halogens is 4. The summed E-state index contributed by atoms with van der Waals surface area (Å²) in [7, 11) is -6.00. The molecule has 0 spiro atoms. The number of rotatable bonds is 1. The summed E-state index contributed by atoms with van der Waals surface area (Å²) in [5, 5.41) is 1.39. The Bertz CT molecular complexity index is 683. The first-order chi connectivity index (χ1) is 9.83. The second kappa shape index (κ2) is 6.63. The van der Waals surface area contributed by atoms with Crippen molar-refractivity contribution in [1.82, 2.24) is 0 Å². The molecule has 0 fully saturated rings. The minimum absolute atomic E-state index is 0.243. The number of fused-ring (bicyclic) bond motifs is 1. The van der Waals surface area contributed by atoms with Crippen molar-refractivity contribution in [3.63, 3.8) is 0 Å². The Morgan fingerprint density at radius 3 is 2.05 bits per heavy atom. The van der Waals surface area contributed by atoms with E-state index in [1.165, 1.54) is 20.0 Å². The van der Waals surface area contributed by atoms with Gasteiger partial charge >= 0.3 is 112 Å². The van der Waals surface area contributed by atoms with E-state index >= 15 is 0 Å². The van der Waals surface area contributed by atoms with Crippen molar-refractivity contribution < 1.29 is 20.1 Å². The standard InChI is InChI=1S/C14H12NTe.BF4/c1-11-6-8-13(9-7-11)15-10-12-4-2-3-5-14(12)16-15;2-1(3,4)5/h2-10H,1H3;/q+1;-1. The van der Waals surface area contributed by atoms with Gasteiger partial charge in [-0.3, -0.25) is 0 Å². The first-order valence-electron chi connectivity index (χ1n) is 6.18. The van der Waals surface area contributed by atoms with Gasteiger partial charge in [-0.1, -0.05) is 0 Å². The molecule has 0 saturated carbocycles. The molecule has 2 aromatic carbocycles. The molecule has 21 heavy (non-hydrogen) atoms. The third kappa shape index (κ3) is 5.18. The average Bonchev–Trinajstić information content (AvgIpc) is 2.81. The predicted molar refractivity (Wildman–Crippen MR) is 77.3 cm³/mol. The van der Waals surface area contributed by atoms with Crippen LogP contribution in [0.3, 0.4) is 0 Å². The fourth-order valence-electron chi connectivity index (χ4n) is 1.75. The van der Waals surface area contributed by atoms with E-state index in [0.29, 0.717) is 0 Å². The minimum Gasteiger partial charge on any atom is -0.418 e. The van der Waals surface area contributed by atoms with Crippen molar-refractivity contribution in [1.29, 1.82) is 0 Å². The molecule has 7 heteroatoms. The molecule has 110 valence electrons. The molecule has 0 saturated heterocycles. The Balaban J connectivity index is 0.000000282. The maximum absolute atomic E-state index is 9.75. The van der Waals surface area contributed by atoms with Crippen molar-refractivity contribution in [2.75, 3.05) is 0 Å². The van der Waals surface area contributed by atoms with Crippen LogP contribution < -0.4 is 2.79 Å². The average molecular weight is 409 g/mol. The monoisotopic (exact) mass is 411 g/mol. The van der Waals surface area contributed by atoms with Crippen molar-refractivity contribution in [2.45, 2.75) is 6.92 Å². The van der Waals surface area contributed by atoms with Gasteiger partial charge in [-0.15, -0.1) is 0 Å². The number of benzene rings is 2. The second-order valence-corrected chi connectivity index (χ2v) is 7.31. The molecular formula is C14H12BF4NTe. The molecule has 0 amide bonds. The Labute approximate surface area is 129 Å². The van der Waals surface area contributed by atoms with Crippen molar-refractivity contribution >= 4 is 36.8 Å². The Morgan fingerprint density at radius 2 is 1.48 bits per heavy atom. The van der Waals surface area contributed by atoms with Gasteiger partial charge in [0.1, 0.15) is 0 Å². The summed E-state index contributed by atoms with van der Waals surface area (Å²) in [5.74, 6) is 0. The second-order valence-electron chi connectivity index (χ2n) is 4.41. The van der Waals surface area contributed by atoms with Gasteiger partial charge in [0.15, 0.2) is 0 Å². The zero-order valence-electron chi connectivity index (χ0n) is 11.1. The molecule has 0 N–H and O–H groups in total. The summed E-state index contributed by atoms with van der Waals surface area (Å²) in [5.41, 5.74) is 2.64. The number of aromatic nitrogens is 1. The number of nitrogens with zero attached hydrogens (tertiary/aromatic N) is 1. The van der Waals surface area contributed by atoms with Gasteiger partial charge in [-0.25, -0.2) is 0 Å². The van der Waals surface area contributed by atoms with Crippen LogP contribution in [0.15, 0.2) is 54.7 Å². The van der Waals surface area contributed by atoms with Crippen LogP contribution in [-0.2, 0) is 0 Å². The van der Waals surface area contributed by atoms with Gasteiger partial charge in [-0.05, 0) is 0 Å². The third-order valence-electron chi connectivity index (χ3n) is 2.66. The van der Waals surface area contributed by atoms with Gasteiger partial charge in [0.2, 0.25) is 0 Å². The minimum atomic E-state index is -6.00. The van der Waals surface area contributed by atoms with Crippen LogP contribution in [-0.4, -0.2) is 28.0 Å². The van der Waals surface area contributed by atoms with E-state index in [0.717, 1.165) is 0 Å². The van der Waals surface area contributed by atoms with E-state index in [-0.39, 0.29) is 20.7 Å². The fraction of sp³-hybridized carbons (Fsp3) is 0.0714. The van der Waals surface area contributed by atoms with Gasteiger partial charge in [0.05, 0.1) is 0 Å².